The number of amides is 2. The lowest BCUT2D eigenvalue weighted by Crippen LogP contribution is -2.45. The monoisotopic (exact) mass is 427 g/mol. The van der Waals surface area contributed by atoms with Crippen LogP contribution >= 0.6 is 0 Å². The van der Waals surface area contributed by atoms with Crippen molar-refractivity contribution in [3.05, 3.63) is 52.3 Å². The number of methoxy groups -OCH3 is 2. The second-order valence-electron chi connectivity index (χ2n) is 7.77. The van der Waals surface area contributed by atoms with E-state index in [0.29, 0.717) is 42.1 Å². The van der Waals surface area contributed by atoms with E-state index in [1.807, 2.05) is 24.3 Å². The van der Waals surface area contributed by atoms with Gasteiger partial charge in [0.25, 0.3) is 5.91 Å². The second kappa shape index (κ2) is 9.68. The number of nitrogens with one attached hydrogen (secondary N) is 2. The molecule has 2 heterocycles. The number of aromatic amines is 1. The van der Waals surface area contributed by atoms with Gasteiger partial charge in [-0.15, -0.1) is 0 Å². The number of rotatable bonds is 6. The molecule has 2 amide bonds. The maximum atomic E-state index is 13.1. The highest BCUT2D eigenvalue weighted by molar-refractivity contribution is 6.00. The highest BCUT2D eigenvalue weighted by atomic mass is 16.5. The molecule has 31 heavy (non-hydrogen) atoms. The number of hydrogen-bond acceptors (Lipinski definition) is 5. The number of esters is 1. The van der Waals surface area contributed by atoms with Crippen LogP contribution in [-0.4, -0.2) is 55.0 Å². The summed E-state index contributed by atoms with van der Waals surface area (Å²) in [6.07, 6.45) is 1.48. The van der Waals surface area contributed by atoms with Gasteiger partial charge < -0.3 is 24.7 Å². The maximum Gasteiger partial charge on any atom is 0.339 e. The quantitative estimate of drug-likeness (QED) is 0.690. The molecule has 1 atom stereocenters. The van der Waals surface area contributed by atoms with Crippen LogP contribution in [-0.2, 0) is 16.1 Å². The maximum absolute atomic E-state index is 13.1. The van der Waals surface area contributed by atoms with E-state index in [1.54, 1.807) is 25.9 Å². The Morgan fingerprint density at radius 2 is 1.87 bits per heavy atom. The number of piperidine rings is 1. The van der Waals surface area contributed by atoms with Crippen molar-refractivity contribution in [2.24, 2.45) is 5.92 Å². The van der Waals surface area contributed by atoms with E-state index in [4.69, 9.17) is 9.47 Å². The van der Waals surface area contributed by atoms with Gasteiger partial charge in [-0.25, -0.2) is 4.79 Å². The number of likely N-dealkylation sites (tertiary alicyclic amines) is 1. The molecule has 1 aromatic heterocycles. The minimum atomic E-state index is -0.472. The molecule has 0 aliphatic carbocycles. The molecule has 0 saturated carbocycles. The molecule has 0 bridgehead atoms. The average Bonchev–Trinajstić information content (AvgIpc) is 3.10. The molecule has 0 spiro atoms. The molecule has 8 nitrogen and oxygen atoms in total. The van der Waals surface area contributed by atoms with Gasteiger partial charge in [0, 0.05) is 25.3 Å². The van der Waals surface area contributed by atoms with Gasteiger partial charge in [-0.05, 0) is 49.9 Å². The van der Waals surface area contributed by atoms with E-state index in [2.05, 4.69) is 10.3 Å². The topological polar surface area (TPSA) is 101 Å². The molecular weight excluding hydrogens is 398 g/mol. The van der Waals surface area contributed by atoms with E-state index in [9.17, 15) is 14.4 Å². The van der Waals surface area contributed by atoms with E-state index in [0.717, 1.165) is 24.2 Å². The summed E-state index contributed by atoms with van der Waals surface area (Å²) in [5.41, 5.74) is 2.90. The number of carbonyl (C=O) groups is 3. The lowest BCUT2D eigenvalue weighted by molar-refractivity contribution is -0.126. The van der Waals surface area contributed by atoms with Gasteiger partial charge in [-0.3, -0.25) is 9.59 Å². The van der Waals surface area contributed by atoms with E-state index >= 15 is 0 Å². The molecule has 1 aliphatic heterocycles. The van der Waals surface area contributed by atoms with Crippen molar-refractivity contribution in [2.45, 2.75) is 33.2 Å². The smallest absolute Gasteiger partial charge is 0.339 e. The summed E-state index contributed by atoms with van der Waals surface area (Å²) in [6.45, 7) is 4.81. The number of aromatic nitrogens is 1. The van der Waals surface area contributed by atoms with Crippen LogP contribution in [0.25, 0.3) is 0 Å². The molecule has 0 radical (unpaired) electrons. The van der Waals surface area contributed by atoms with Crippen molar-refractivity contribution in [1.29, 1.82) is 0 Å². The van der Waals surface area contributed by atoms with Crippen LogP contribution < -0.4 is 10.1 Å². The number of benzene rings is 1. The molecule has 3 rings (SSSR count). The molecule has 2 N–H and O–H groups in total. The molecular formula is C23H29N3O5. The summed E-state index contributed by atoms with van der Waals surface area (Å²) in [4.78, 5) is 42.5. The summed E-state index contributed by atoms with van der Waals surface area (Å²) < 4.78 is 9.96. The molecule has 1 fully saturated rings. The van der Waals surface area contributed by atoms with Crippen LogP contribution in [0.4, 0.5) is 0 Å². The Kier molecular flexibility index (Phi) is 6.99. The Morgan fingerprint density at radius 3 is 2.52 bits per heavy atom. The van der Waals surface area contributed by atoms with Gasteiger partial charge >= 0.3 is 5.97 Å². The largest absolute Gasteiger partial charge is 0.497 e. The van der Waals surface area contributed by atoms with Crippen molar-refractivity contribution in [2.75, 3.05) is 27.3 Å². The van der Waals surface area contributed by atoms with Gasteiger partial charge in [0.05, 0.1) is 25.7 Å². The van der Waals surface area contributed by atoms with Crippen LogP contribution in [0.15, 0.2) is 24.3 Å². The summed E-state index contributed by atoms with van der Waals surface area (Å²) in [7, 11) is 2.93. The lowest BCUT2D eigenvalue weighted by atomic mass is 9.96. The van der Waals surface area contributed by atoms with Gasteiger partial charge in [0.1, 0.15) is 11.4 Å². The zero-order valence-corrected chi connectivity index (χ0v) is 18.4. The molecule has 166 valence electrons. The number of H-pyrrole nitrogens is 1. The third-order valence-electron chi connectivity index (χ3n) is 5.75. The van der Waals surface area contributed by atoms with E-state index in [-0.39, 0.29) is 17.7 Å². The van der Waals surface area contributed by atoms with E-state index < -0.39 is 5.97 Å². The number of carbonyl (C=O) groups excluding carboxylic acids is 3. The zero-order chi connectivity index (χ0) is 22.5. The first-order chi connectivity index (χ1) is 14.8. The van der Waals surface area contributed by atoms with Crippen molar-refractivity contribution in [1.82, 2.24) is 15.2 Å². The third kappa shape index (κ3) is 4.90. The fraction of sp³-hybridized carbons (Fsp3) is 0.435. The minimum Gasteiger partial charge on any atom is -0.497 e. The summed E-state index contributed by atoms with van der Waals surface area (Å²) in [5.74, 6) is -0.250. The number of nitrogens with zero attached hydrogens (tertiary/aromatic N) is 1. The van der Waals surface area contributed by atoms with Crippen LogP contribution in [0.2, 0.25) is 0 Å². The lowest BCUT2D eigenvalue weighted by Gasteiger charge is -2.32. The van der Waals surface area contributed by atoms with Crippen molar-refractivity contribution in [3.63, 3.8) is 0 Å². The Labute approximate surface area is 181 Å². The Hall–Kier alpha value is -3.29. The first-order valence-electron chi connectivity index (χ1n) is 10.3. The Balaban J connectivity index is 1.63. The SMILES string of the molecule is COC(=O)c1c(C)[nH]c(C(=O)N2CCCC(C(=O)NCc3ccc(OC)cc3)C2)c1C. The van der Waals surface area contributed by atoms with Gasteiger partial charge in [-0.1, -0.05) is 12.1 Å². The van der Waals surface area contributed by atoms with Crippen molar-refractivity contribution in [3.8, 4) is 5.75 Å². The summed E-state index contributed by atoms with van der Waals surface area (Å²) in [5, 5.41) is 2.97. The highest BCUT2D eigenvalue weighted by Crippen LogP contribution is 2.24. The van der Waals surface area contributed by atoms with Gasteiger partial charge in [0.2, 0.25) is 5.91 Å². The average molecular weight is 428 g/mol. The Bertz CT molecular complexity index is 964. The predicted octanol–water partition coefficient (Wildman–Crippen LogP) is 2.60. The highest BCUT2D eigenvalue weighted by Gasteiger charge is 2.31. The van der Waals surface area contributed by atoms with Crippen molar-refractivity contribution >= 4 is 17.8 Å². The Morgan fingerprint density at radius 1 is 1.16 bits per heavy atom. The first kappa shape index (κ1) is 22.4. The van der Waals surface area contributed by atoms with Crippen molar-refractivity contribution < 1.29 is 23.9 Å². The van der Waals surface area contributed by atoms with Crippen LogP contribution in [0.5, 0.6) is 5.75 Å². The molecule has 1 aromatic carbocycles. The molecule has 8 heteroatoms. The van der Waals surface area contributed by atoms with E-state index in [1.165, 1.54) is 7.11 Å². The second-order valence-corrected chi connectivity index (χ2v) is 7.77. The first-order valence-corrected chi connectivity index (χ1v) is 10.3. The normalized spacial score (nSPS) is 16.0. The molecule has 1 aliphatic rings. The number of aryl methyl sites for hydroxylation is 1. The van der Waals surface area contributed by atoms with Crippen LogP contribution in [0.1, 0.15) is 50.5 Å². The molecule has 1 saturated heterocycles. The van der Waals surface area contributed by atoms with Gasteiger partial charge in [-0.2, -0.15) is 0 Å². The fourth-order valence-electron chi connectivity index (χ4n) is 3.98. The fourth-order valence-corrected chi connectivity index (χ4v) is 3.98. The van der Waals surface area contributed by atoms with Crippen LogP contribution in [0, 0.1) is 19.8 Å². The standard InChI is InChI=1S/C23H29N3O5/c1-14-19(23(29)31-4)15(2)25-20(14)22(28)26-11-5-6-17(13-26)21(27)24-12-16-7-9-18(30-3)10-8-16/h7-10,17,25H,5-6,11-13H2,1-4H3,(H,24,27). The van der Waals surface area contributed by atoms with Crippen LogP contribution in [0.3, 0.4) is 0 Å². The molecule has 1 unspecified atom stereocenters. The third-order valence-corrected chi connectivity index (χ3v) is 5.75. The summed E-state index contributed by atoms with van der Waals surface area (Å²) in [6, 6.07) is 7.52. The van der Waals surface area contributed by atoms with Gasteiger partial charge in [0.15, 0.2) is 0 Å². The summed E-state index contributed by atoms with van der Waals surface area (Å²) >= 11 is 0. The zero-order valence-electron chi connectivity index (χ0n) is 18.4. The number of hydrogen-bond donors (Lipinski definition) is 2. The number of ether oxygens (including phenoxy) is 2. The predicted molar refractivity (Wildman–Crippen MR) is 115 cm³/mol. The molecule has 2 aromatic rings. The minimum absolute atomic E-state index is 0.0667.